The van der Waals surface area contributed by atoms with E-state index in [1.54, 1.807) is 0 Å². The lowest BCUT2D eigenvalue weighted by atomic mass is 9.79. The van der Waals surface area contributed by atoms with Gasteiger partial charge in [-0.2, -0.15) is 0 Å². The number of aliphatic hydroxyl groups is 1. The Morgan fingerprint density at radius 3 is 2.14 bits per heavy atom. The van der Waals surface area contributed by atoms with Gasteiger partial charge in [-0.3, -0.25) is 0 Å². The van der Waals surface area contributed by atoms with Crippen LogP contribution in [0.1, 0.15) is 25.5 Å². The van der Waals surface area contributed by atoms with Crippen LogP contribution in [0.4, 0.5) is 0 Å². The maximum atomic E-state index is 9.63. The molecule has 116 valence electrons. The lowest BCUT2D eigenvalue weighted by Gasteiger charge is -2.31. The lowest BCUT2D eigenvalue weighted by Crippen LogP contribution is -2.32. The van der Waals surface area contributed by atoms with Crippen molar-refractivity contribution < 1.29 is 5.11 Å². The van der Waals surface area contributed by atoms with E-state index in [4.69, 9.17) is 5.73 Å². The van der Waals surface area contributed by atoms with E-state index in [1.165, 1.54) is 21.5 Å². The first-order chi connectivity index (χ1) is 10.0. The molecule has 0 spiro atoms. The molecule has 0 unspecified atom stereocenters. The Hall–Kier alpha value is -1.61. The van der Waals surface area contributed by atoms with Gasteiger partial charge in [0.1, 0.15) is 0 Å². The van der Waals surface area contributed by atoms with E-state index < -0.39 is 0 Å². The Labute approximate surface area is 137 Å². The first-order valence-electron chi connectivity index (χ1n) is 7.31. The molecule has 0 heterocycles. The van der Waals surface area contributed by atoms with Gasteiger partial charge in [0.25, 0.3) is 0 Å². The SMILES string of the molecule is CC(C)(CO)[C@@H](N)c1cc2ccccc2c2ccccc12.Cl. The second-order valence-corrected chi connectivity index (χ2v) is 6.36. The fraction of sp³-hybridized carbons (Fsp3) is 0.263. The Morgan fingerprint density at radius 2 is 1.50 bits per heavy atom. The van der Waals surface area contributed by atoms with Crippen molar-refractivity contribution in [2.24, 2.45) is 11.1 Å². The zero-order valence-corrected chi connectivity index (χ0v) is 13.7. The van der Waals surface area contributed by atoms with Crippen molar-refractivity contribution in [3.63, 3.8) is 0 Å². The summed E-state index contributed by atoms with van der Waals surface area (Å²) in [6.45, 7) is 4.07. The molecule has 0 aliphatic carbocycles. The summed E-state index contributed by atoms with van der Waals surface area (Å²) in [6, 6.07) is 18.7. The van der Waals surface area contributed by atoms with Crippen molar-refractivity contribution in [3.05, 3.63) is 60.2 Å². The zero-order chi connectivity index (χ0) is 15.0. The van der Waals surface area contributed by atoms with Crippen molar-refractivity contribution in [1.29, 1.82) is 0 Å². The predicted octanol–water partition coefficient (Wildman–Crippen LogP) is 4.43. The summed E-state index contributed by atoms with van der Waals surface area (Å²) in [5.41, 5.74) is 7.22. The zero-order valence-electron chi connectivity index (χ0n) is 12.9. The average Bonchev–Trinajstić information content (AvgIpc) is 2.53. The minimum Gasteiger partial charge on any atom is -0.396 e. The van der Waals surface area contributed by atoms with E-state index in [2.05, 4.69) is 42.5 Å². The normalized spacial score (nSPS) is 13.1. The lowest BCUT2D eigenvalue weighted by molar-refractivity contribution is 0.133. The molecule has 0 aliphatic rings. The monoisotopic (exact) mass is 315 g/mol. The minimum atomic E-state index is -0.356. The molecule has 2 nitrogen and oxygen atoms in total. The highest BCUT2D eigenvalue weighted by Crippen LogP contribution is 2.37. The van der Waals surface area contributed by atoms with Crippen LogP contribution in [0.2, 0.25) is 0 Å². The standard InChI is InChI=1S/C19H21NO.ClH/c1-19(2,12-21)18(20)17-11-13-7-3-4-8-14(13)15-9-5-6-10-16(15)17;/h3-11,18,21H,12,20H2,1-2H3;1H/t18-;/m0./s1. The molecule has 3 aromatic rings. The van der Waals surface area contributed by atoms with Crippen LogP contribution in [0.25, 0.3) is 21.5 Å². The van der Waals surface area contributed by atoms with E-state index in [1.807, 2.05) is 26.0 Å². The summed E-state index contributed by atoms with van der Waals surface area (Å²) in [4.78, 5) is 0. The largest absolute Gasteiger partial charge is 0.396 e. The Kier molecular flexibility index (Phi) is 4.76. The first kappa shape index (κ1) is 16.8. The highest BCUT2D eigenvalue weighted by Gasteiger charge is 2.28. The quantitative estimate of drug-likeness (QED) is 0.702. The number of hydrogen-bond donors (Lipinski definition) is 2. The third-order valence-corrected chi connectivity index (χ3v) is 4.38. The van der Waals surface area contributed by atoms with Crippen molar-refractivity contribution in [2.45, 2.75) is 19.9 Å². The Morgan fingerprint density at radius 1 is 0.955 bits per heavy atom. The highest BCUT2D eigenvalue weighted by atomic mass is 35.5. The predicted molar refractivity (Wildman–Crippen MR) is 96.5 cm³/mol. The van der Waals surface area contributed by atoms with Gasteiger partial charge in [0.05, 0.1) is 0 Å². The van der Waals surface area contributed by atoms with Crippen LogP contribution in [0.15, 0.2) is 54.6 Å². The molecular weight excluding hydrogens is 294 g/mol. The molecule has 0 aliphatic heterocycles. The summed E-state index contributed by atoms with van der Waals surface area (Å²) >= 11 is 0. The molecular formula is C19H22ClNO. The average molecular weight is 316 g/mol. The van der Waals surface area contributed by atoms with Crippen molar-refractivity contribution >= 4 is 34.0 Å². The van der Waals surface area contributed by atoms with E-state index in [-0.39, 0.29) is 30.5 Å². The van der Waals surface area contributed by atoms with Crippen molar-refractivity contribution in [3.8, 4) is 0 Å². The Bertz CT molecular complexity index is 798. The molecule has 0 saturated carbocycles. The number of nitrogens with two attached hydrogens (primary N) is 1. The van der Waals surface area contributed by atoms with Gasteiger partial charge in [-0.05, 0) is 33.2 Å². The number of halogens is 1. The third kappa shape index (κ3) is 2.70. The first-order valence-corrected chi connectivity index (χ1v) is 7.31. The minimum absolute atomic E-state index is 0. The van der Waals surface area contributed by atoms with Crippen LogP contribution in [-0.2, 0) is 0 Å². The van der Waals surface area contributed by atoms with E-state index in [0.717, 1.165) is 5.56 Å². The van der Waals surface area contributed by atoms with Crippen molar-refractivity contribution in [1.82, 2.24) is 0 Å². The fourth-order valence-corrected chi connectivity index (χ4v) is 2.86. The van der Waals surface area contributed by atoms with Crippen LogP contribution in [0.3, 0.4) is 0 Å². The third-order valence-electron chi connectivity index (χ3n) is 4.38. The number of hydrogen-bond acceptors (Lipinski definition) is 2. The van der Waals surface area contributed by atoms with Crippen molar-refractivity contribution in [2.75, 3.05) is 6.61 Å². The van der Waals surface area contributed by atoms with Crippen LogP contribution in [0, 0.1) is 5.41 Å². The van der Waals surface area contributed by atoms with E-state index >= 15 is 0 Å². The summed E-state index contributed by atoms with van der Waals surface area (Å²) in [5, 5.41) is 14.5. The molecule has 3 N–H and O–H groups in total. The number of benzene rings is 3. The van der Waals surface area contributed by atoms with Crippen LogP contribution in [-0.4, -0.2) is 11.7 Å². The van der Waals surface area contributed by atoms with Crippen LogP contribution in [0.5, 0.6) is 0 Å². The van der Waals surface area contributed by atoms with Gasteiger partial charge >= 0.3 is 0 Å². The summed E-state index contributed by atoms with van der Waals surface area (Å²) in [7, 11) is 0. The van der Waals surface area contributed by atoms with E-state index in [9.17, 15) is 5.11 Å². The van der Waals surface area contributed by atoms with Crippen LogP contribution >= 0.6 is 12.4 Å². The highest BCUT2D eigenvalue weighted by molar-refractivity contribution is 6.09. The molecule has 0 aromatic heterocycles. The summed E-state index contributed by atoms with van der Waals surface area (Å²) < 4.78 is 0. The van der Waals surface area contributed by atoms with Gasteiger partial charge in [0.15, 0.2) is 0 Å². The van der Waals surface area contributed by atoms with Gasteiger partial charge in [0.2, 0.25) is 0 Å². The molecule has 0 saturated heterocycles. The summed E-state index contributed by atoms with van der Waals surface area (Å²) in [6.07, 6.45) is 0. The Balaban J connectivity index is 0.00000176. The fourth-order valence-electron chi connectivity index (χ4n) is 2.86. The second-order valence-electron chi connectivity index (χ2n) is 6.36. The molecule has 0 bridgehead atoms. The molecule has 3 aromatic carbocycles. The molecule has 3 heteroatoms. The smallest absolute Gasteiger partial charge is 0.0500 e. The van der Waals surface area contributed by atoms with Gasteiger partial charge < -0.3 is 10.8 Å². The number of rotatable bonds is 3. The molecule has 0 amide bonds. The maximum Gasteiger partial charge on any atom is 0.0500 e. The van der Waals surface area contributed by atoms with Gasteiger partial charge in [-0.25, -0.2) is 0 Å². The summed E-state index contributed by atoms with van der Waals surface area (Å²) in [5.74, 6) is 0. The van der Waals surface area contributed by atoms with Gasteiger partial charge in [-0.1, -0.05) is 62.4 Å². The number of fused-ring (bicyclic) bond motifs is 3. The molecule has 0 radical (unpaired) electrons. The van der Waals surface area contributed by atoms with Gasteiger partial charge in [-0.15, -0.1) is 12.4 Å². The van der Waals surface area contributed by atoms with Gasteiger partial charge in [0, 0.05) is 18.1 Å². The van der Waals surface area contributed by atoms with E-state index in [0.29, 0.717) is 0 Å². The molecule has 3 rings (SSSR count). The molecule has 22 heavy (non-hydrogen) atoms. The molecule has 1 atom stereocenters. The topological polar surface area (TPSA) is 46.2 Å². The molecule has 0 fully saturated rings. The maximum absolute atomic E-state index is 9.63. The number of aliphatic hydroxyl groups excluding tert-OH is 1. The second kappa shape index (κ2) is 6.25. The van der Waals surface area contributed by atoms with Crippen LogP contribution < -0.4 is 5.73 Å².